The van der Waals surface area contributed by atoms with Crippen molar-refractivity contribution in [3.8, 4) is 22.6 Å². The fourth-order valence-electron chi connectivity index (χ4n) is 6.17. The van der Waals surface area contributed by atoms with E-state index in [4.69, 9.17) is 10.1 Å². The van der Waals surface area contributed by atoms with Gasteiger partial charge in [-0.1, -0.05) is 0 Å². The molecule has 2 aliphatic carbocycles. The van der Waals surface area contributed by atoms with Crippen molar-refractivity contribution in [1.82, 2.24) is 38.8 Å². The predicted octanol–water partition coefficient (Wildman–Crippen LogP) is 4.05. The van der Waals surface area contributed by atoms with Crippen LogP contribution in [0.2, 0.25) is 0 Å². The van der Waals surface area contributed by atoms with E-state index >= 15 is 0 Å². The Balaban J connectivity index is 1.14. The van der Waals surface area contributed by atoms with Crippen molar-refractivity contribution >= 4 is 27.3 Å². The first-order valence-electron chi connectivity index (χ1n) is 15.8. The highest BCUT2D eigenvalue weighted by molar-refractivity contribution is 7.90. The fourth-order valence-corrected chi connectivity index (χ4v) is 7.65. The topological polar surface area (TPSA) is 156 Å². The summed E-state index contributed by atoms with van der Waals surface area (Å²) in [6.45, 7) is 4.03. The number of aromatic nitrogens is 7. The minimum absolute atomic E-state index is 0.212. The van der Waals surface area contributed by atoms with Gasteiger partial charge in [0.25, 0.3) is 10.0 Å². The Morgan fingerprint density at radius 1 is 1.00 bits per heavy atom. The van der Waals surface area contributed by atoms with E-state index in [-0.39, 0.29) is 11.3 Å². The van der Waals surface area contributed by atoms with Crippen LogP contribution >= 0.6 is 0 Å². The number of anilines is 3. The molecule has 0 bridgehead atoms. The summed E-state index contributed by atoms with van der Waals surface area (Å²) in [6, 6.07) is 6.36. The number of aliphatic hydroxyl groups is 1. The van der Waals surface area contributed by atoms with E-state index in [9.17, 15) is 13.5 Å². The molecule has 5 heterocycles. The number of hydrogen-bond acceptors (Lipinski definition) is 11. The summed E-state index contributed by atoms with van der Waals surface area (Å²) in [5.41, 5.74) is 2.58. The molecule has 3 fully saturated rings. The molecule has 3 aliphatic rings. The number of rotatable bonds is 9. The zero-order valence-electron chi connectivity index (χ0n) is 25.7. The molecule has 4 aromatic rings. The second-order valence-corrected chi connectivity index (χ2v) is 15.1. The van der Waals surface area contributed by atoms with E-state index in [1.165, 1.54) is 12.4 Å². The van der Waals surface area contributed by atoms with Crippen LogP contribution in [0.1, 0.15) is 64.3 Å². The molecule has 1 aliphatic heterocycles. The van der Waals surface area contributed by atoms with Gasteiger partial charge in [-0.25, -0.2) is 23.4 Å². The number of pyridine rings is 1. The lowest BCUT2D eigenvalue weighted by atomic mass is 9.83. The molecule has 45 heavy (non-hydrogen) atoms. The summed E-state index contributed by atoms with van der Waals surface area (Å²) in [4.78, 5) is 16.0. The number of likely N-dealkylation sites (tertiary alicyclic amines) is 1. The van der Waals surface area contributed by atoms with Gasteiger partial charge < -0.3 is 20.6 Å². The van der Waals surface area contributed by atoms with E-state index in [1.54, 1.807) is 12.3 Å². The minimum Gasteiger partial charge on any atom is -0.390 e. The first kappa shape index (κ1) is 29.8. The Hall–Kier alpha value is -3.88. The molecule has 3 N–H and O–H groups in total. The molecule has 0 unspecified atom stereocenters. The lowest BCUT2D eigenvalue weighted by molar-refractivity contribution is 0.0196. The first-order valence-corrected chi connectivity index (χ1v) is 17.3. The Morgan fingerprint density at radius 3 is 2.53 bits per heavy atom. The Labute approximate surface area is 263 Å². The molecular formula is C31H40N10O3S. The Bertz CT molecular complexity index is 1760. The summed E-state index contributed by atoms with van der Waals surface area (Å²) in [5.74, 6) is 1.47. The number of nitrogens with zero attached hydrogens (tertiary/aromatic N) is 8. The maximum atomic E-state index is 12.6. The van der Waals surface area contributed by atoms with Crippen LogP contribution in [0.25, 0.3) is 22.6 Å². The number of nitrogens with one attached hydrogen (secondary N) is 2. The summed E-state index contributed by atoms with van der Waals surface area (Å²) < 4.78 is 28.3. The highest BCUT2D eigenvalue weighted by atomic mass is 32.2. The van der Waals surface area contributed by atoms with Crippen LogP contribution in [-0.4, -0.2) is 89.4 Å². The van der Waals surface area contributed by atoms with Gasteiger partial charge in [0.15, 0.2) is 5.82 Å². The average molecular weight is 633 g/mol. The SMILES string of the molecule is CN1CCC(n2ccc(-c3cnc(Nc4ccnc(-c5cnn(S(=O)(=O)C6CC6)c5)n4)cc3NC3CCC(C)(O)CC3)n2)CC1. The maximum absolute atomic E-state index is 12.6. The molecule has 14 heteroatoms. The normalized spacial score (nSPS) is 23.2. The maximum Gasteiger partial charge on any atom is 0.256 e. The van der Waals surface area contributed by atoms with Crippen LogP contribution in [0.15, 0.2) is 49.2 Å². The zero-order valence-corrected chi connectivity index (χ0v) is 26.5. The molecule has 0 spiro atoms. The second kappa shape index (κ2) is 11.8. The van der Waals surface area contributed by atoms with E-state index in [0.717, 1.165) is 72.6 Å². The van der Waals surface area contributed by atoms with Crippen molar-refractivity contribution < 1.29 is 13.5 Å². The van der Waals surface area contributed by atoms with Gasteiger partial charge in [0.2, 0.25) is 0 Å². The van der Waals surface area contributed by atoms with Crippen molar-refractivity contribution in [2.45, 2.75) is 81.2 Å². The summed E-state index contributed by atoms with van der Waals surface area (Å²) >= 11 is 0. The van der Waals surface area contributed by atoms with Crippen LogP contribution in [0.3, 0.4) is 0 Å². The van der Waals surface area contributed by atoms with Gasteiger partial charge in [0.1, 0.15) is 11.6 Å². The van der Waals surface area contributed by atoms with Gasteiger partial charge in [-0.2, -0.15) is 14.3 Å². The lowest BCUT2D eigenvalue weighted by Crippen LogP contribution is -2.35. The molecule has 0 aromatic carbocycles. The van der Waals surface area contributed by atoms with Crippen LogP contribution in [0, 0.1) is 0 Å². The predicted molar refractivity (Wildman–Crippen MR) is 172 cm³/mol. The summed E-state index contributed by atoms with van der Waals surface area (Å²) in [5, 5.41) is 26.2. The third-order valence-corrected chi connectivity index (χ3v) is 11.2. The first-order chi connectivity index (χ1) is 21.6. The average Bonchev–Trinajstić information content (AvgIpc) is 3.57. The number of hydrogen-bond donors (Lipinski definition) is 3. The molecule has 0 amide bonds. The Kier molecular flexibility index (Phi) is 7.82. The van der Waals surface area contributed by atoms with Gasteiger partial charge in [0, 0.05) is 41.9 Å². The number of piperidine rings is 1. The lowest BCUT2D eigenvalue weighted by Gasteiger charge is -2.34. The van der Waals surface area contributed by atoms with Gasteiger partial charge in [0.05, 0.1) is 40.5 Å². The van der Waals surface area contributed by atoms with Crippen molar-refractivity contribution in [1.29, 1.82) is 0 Å². The smallest absolute Gasteiger partial charge is 0.256 e. The third kappa shape index (κ3) is 6.58. The van der Waals surface area contributed by atoms with Crippen LogP contribution in [0.5, 0.6) is 0 Å². The molecule has 0 radical (unpaired) electrons. The Morgan fingerprint density at radius 2 is 1.78 bits per heavy atom. The molecule has 238 valence electrons. The molecule has 1 saturated heterocycles. The molecule has 7 rings (SSSR count). The standard InChI is InChI=1S/C31H40N10O3S/c1-31(42)11-5-22(6-12-31)35-27-17-29(33-19-25(27)26-10-16-40(38-26)23-8-14-39(2)15-9-23)36-28-7-13-32-30(37-28)21-18-34-41(20-21)45(43,44)24-3-4-24/h7,10,13,16-20,22-24,42H,3-6,8-9,11-12,14-15H2,1-2H3,(H2,32,33,35,36,37). The van der Waals surface area contributed by atoms with Gasteiger partial charge >= 0.3 is 0 Å². The van der Waals surface area contributed by atoms with Gasteiger partial charge in [-0.3, -0.25) is 4.68 Å². The summed E-state index contributed by atoms with van der Waals surface area (Å²) in [6.07, 6.45) is 15.1. The van der Waals surface area contributed by atoms with Crippen molar-refractivity contribution in [2.24, 2.45) is 0 Å². The highest BCUT2D eigenvalue weighted by Crippen LogP contribution is 2.35. The molecular weight excluding hydrogens is 592 g/mol. The van der Waals surface area contributed by atoms with Crippen LogP contribution < -0.4 is 10.6 Å². The van der Waals surface area contributed by atoms with E-state index in [1.807, 2.05) is 19.2 Å². The van der Waals surface area contributed by atoms with Crippen molar-refractivity contribution in [3.63, 3.8) is 0 Å². The fraction of sp³-hybridized carbons (Fsp3) is 0.516. The highest BCUT2D eigenvalue weighted by Gasteiger charge is 2.37. The quantitative estimate of drug-likeness (QED) is 0.245. The monoisotopic (exact) mass is 632 g/mol. The van der Waals surface area contributed by atoms with Gasteiger partial charge in [-0.05, 0) is 90.6 Å². The summed E-state index contributed by atoms with van der Waals surface area (Å²) in [7, 11) is -1.31. The van der Waals surface area contributed by atoms with E-state index in [2.05, 4.69) is 54.6 Å². The minimum atomic E-state index is -3.47. The zero-order chi connectivity index (χ0) is 31.2. The van der Waals surface area contributed by atoms with E-state index in [0.29, 0.717) is 41.9 Å². The molecule has 13 nitrogen and oxygen atoms in total. The van der Waals surface area contributed by atoms with Gasteiger partial charge in [-0.15, -0.1) is 0 Å². The van der Waals surface area contributed by atoms with Crippen molar-refractivity contribution in [3.05, 3.63) is 49.2 Å². The third-order valence-electron chi connectivity index (χ3n) is 9.21. The van der Waals surface area contributed by atoms with Crippen molar-refractivity contribution in [2.75, 3.05) is 30.8 Å². The molecule has 2 saturated carbocycles. The van der Waals surface area contributed by atoms with E-state index < -0.39 is 15.6 Å². The molecule has 0 atom stereocenters. The largest absolute Gasteiger partial charge is 0.390 e. The van der Waals surface area contributed by atoms with Crippen LogP contribution in [-0.2, 0) is 10.0 Å². The second-order valence-electron chi connectivity index (χ2n) is 13.0. The molecule has 4 aromatic heterocycles. The van der Waals surface area contributed by atoms with Crippen LogP contribution in [0.4, 0.5) is 17.3 Å².